The lowest BCUT2D eigenvalue weighted by Crippen LogP contribution is -2.23. The molecule has 0 radical (unpaired) electrons. The van der Waals surface area contributed by atoms with E-state index in [4.69, 9.17) is 4.74 Å². The number of rotatable bonds is 5. The Balaban J connectivity index is 2.12. The molecule has 1 N–H and O–H groups in total. The van der Waals surface area contributed by atoms with Crippen LogP contribution in [0.2, 0.25) is 0 Å². The first kappa shape index (κ1) is 18.2. The number of hydrogen-bond acceptors (Lipinski definition) is 3. The highest BCUT2D eigenvalue weighted by Crippen LogP contribution is 2.21. The summed E-state index contributed by atoms with van der Waals surface area (Å²) in [6.07, 6.45) is 1.65. The van der Waals surface area contributed by atoms with E-state index in [2.05, 4.69) is 5.32 Å². The SMILES string of the molecule is CS(=O)Cc1ccccc1NC(=O)c1ccc(OC(C)(C)C)cc1. The Morgan fingerprint density at radius 2 is 1.71 bits per heavy atom. The van der Waals surface area contributed by atoms with Crippen LogP contribution in [0.3, 0.4) is 0 Å². The summed E-state index contributed by atoms with van der Waals surface area (Å²) in [6, 6.07) is 14.4. The Labute approximate surface area is 145 Å². The third-order valence-electron chi connectivity index (χ3n) is 3.16. The van der Waals surface area contributed by atoms with Crippen molar-refractivity contribution in [2.75, 3.05) is 11.6 Å². The van der Waals surface area contributed by atoms with Gasteiger partial charge in [-0.2, -0.15) is 0 Å². The molecule has 0 aromatic heterocycles. The van der Waals surface area contributed by atoms with Crippen LogP contribution in [0.4, 0.5) is 5.69 Å². The molecule has 0 saturated carbocycles. The molecule has 128 valence electrons. The van der Waals surface area contributed by atoms with Crippen molar-refractivity contribution in [2.24, 2.45) is 0 Å². The van der Waals surface area contributed by atoms with E-state index in [9.17, 15) is 9.00 Å². The van der Waals surface area contributed by atoms with Crippen molar-refractivity contribution in [1.82, 2.24) is 0 Å². The molecule has 1 atom stereocenters. The van der Waals surface area contributed by atoms with E-state index in [0.29, 0.717) is 17.0 Å². The standard InChI is InChI=1S/C19H23NO3S/c1-19(2,3)23-16-11-9-14(10-12-16)18(21)20-17-8-6-5-7-15(17)13-24(4)22/h5-12H,13H2,1-4H3,(H,20,21). The van der Waals surface area contributed by atoms with E-state index in [1.54, 1.807) is 30.5 Å². The van der Waals surface area contributed by atoms with Gasteiger partial charge in [0.2, 0.25) is 0 Å². The second-order valence-electron chi connectivity index (χ2n) is 6.57. The van der Waals surface area contributed by atoms with Crippen molar-refractivity contribution in [2.45, 2.75) is 32.1 Å². The van der Waals surface area contributed by atoms with Gasteiger partial charge in [0.05, 0.1) is 5.75 Å². The van der Waals surface area contributed by atoms with Crippen molar-refractivity contribution < 1.29 is 13.7 Å². The van der Waals surface area contributed by atoms with Crippen LogP contribution in [0.15, 0.2) is 48.5 Å². The average molecular weight is 345 g/mol. The van der Waals surface area contributed by atoms with Crippen molar-refractivity contribution >= 4 is 22.4 Å². The summed E-state index contributed by atoms with van der Waals surface area (Å²) in [5.41, 5.74) is 1.81. The highest BCUT2D eigenvalue weighted by molar-refractivity contribution is 7.83. The number of hydrogen-bond donors (Lipinski definition) is 1. The van der Waals surface area contributed by atoms with Crippen LogP contribution in [0.25, 0.3) is 0 Å². The molecule has 2 rings (SSSR count). The van der Waals surface area contributed by atoms with E-state index in [1.807, 2.05) is 45.0 Å². The molecule has 0 bridgehead atoms. The van der Waals surface area contributed by atoms with Gasteiger partial charge >= 0.3 is 0 Å². The fraction of sp³-hybridized carbons (Fsp3) is 0.316. The monoisotopic (exact) mass is 345 g/mol. The van der Waals surface area contributed by atoms with Crippen LogP contribution in [0.1, 0.15) is 36.7 Å². The van der Waals surface area contributed by atoms with Crippen molar-refractivity contribution in [3.05, 3.63) is 59.7 Å². The minimum atomic E-state index is -0.967. The molecule has 0 aliphatic heterocycles. The molecule has 2 aromatic rings. The van der Waals surface area contributed by atoms with E-state index in [-0.39, 0.29) is 11.5 Å². The van der Waals surface area contributed by atoms with Gasteiger partial charge in [-0.1, -0.05) is 18.2 Å². The fourth-order valence-electron chi connectivity index (χ4n) is 2.21. The van der Waals surface area contributed by atoms with Gasteiger partial charge in [-0.25, -0.2) is 0 Å². The van der Waals surface area contributed by atoms with Crippen LogP contribution >= 0.6 is 0 Å². The number of nitrogens with one attached hydrogen (secondary N) is 1. The lowest BCUT2D eigenvalue weighted by atomic mass is 10.1. The predicted octanol–water partition coefficient (Wildman–Crippen LogP) is 3.99. The quantitative estimate of drug-likeness (QED) is 0.891. The molecule has 0 saturated heterocycles. The Morgan fingerprint density at radius 1 is 1.08 bits per heavy atom. The smallest absolute Gasteiger partial charge is 0.255 e. The first-order valence-electron chi connectivity index (χ1n) is 7.73. The highest BCUT2D eigenvalue weighted by Gasteiger charge is 2.13. The van der Waals surface area contributed by atoms with Gasteiger partial charge < -0.3 is 10.1 Å². The maximum atomic E-state index is 12.4. The second kappa shape index (κ2) is 7.62. The zero-order valence-corrected chi connectivity index (χ0v) is 15.3. The lowest BCUT2D eigenvalue weighted by Gasteiger charge is -2.21. The summed E-state index contributed by atoms with van der Waals surface area (Å²) in [7, 11) is -0.967. The maximum Gasteiger partial charge on any atom is 0.255 e. The molecule has 0 aliphatic carbocycles. The topological polar surface area (TPSA) is 55.4 Å². The number of para-hydroxylation sites is 1. The van der Waals surface area contributed by atoms with Crippen LogP contribution < -0.4 is 10.1 Å². The summed E-state index contributed by atoms with van der Waals surface area (Å²) in [4.78, 5) is 12.4. The largest absolute Gasteiger partial charge is 0.488 e. The van der Waals surface area contributed by atoms with Gasteiger partial charge in [0, 0.05) is 28.3 Å². The van der Waals surface area contributed by atoms with E-state index in [1.165, 1.54) is 0 Å². The minimum absolute atomic E-state index is 0.202. The molecule has 1 unspecified atom stereocenters. The third-order valence-corrected chi connectivity index (χ3v) is 3.88. The van der Waals surface area contributed by atoms with Crippen LogP contribution in [0, 0.1) is 0 Å². The molecular weight excluding hydrogens is 322 g/mol. The molecule has 4 nitrogen and oxygen atoms in total. The second-order valence-corrected chi connectivity index (χ2v) is 8.00. The molecule has 2 aromatic carbocycles. The molecular formula is C19H23NO3S. The molecule has 5 heteroatoms. The number of amides is 1. The number of anilines is 1. The summed E-state index contributed by atoms with van der Waals surface area (Å²) in [5, 5.41) is 2.89. The first-order valence-corrected chi connectivity index (χ1v) is 9.46. The van der Waals surface area contributed by atoms with Crippen LogP contribution in [-0.4, -0.2) is 22.0 Å². The summed E-state index contributed by atoms with van der Waals surface area (Å²) in [6.45, 7) is 5.92. The number of carbonyl (C=O) groups is 1. The van der Waals surface area contributed by atoms with Crippen molar-refractivity contribution in [3.63, 3.8) is 0 Å². The van der Waals surface area contributed by atoms with Gasteiger partial charge in [-0.15, -0.1) is 0 Å². The lowest BCUT2D eigenvalue weighted by molar-refractivity contribution is 0.102. The van der Waals surface area contributed by atoms with E-state index in [0.717, 1.165) is 11.3 Å². The normalized spacial score (nSPS) is 12.5. The zero-order valence-electron chi connectivity index (χ0n) is 14.5. The van der Waals surface area contributed by atoms with Crippen molar-refractivity contribution in [1.29, 1.82) is 0 Å². The highest BCUT2D eigenvalue weighted by atomic mass is 32.2. The Kier molecular flexibility index (Phi) is 5.78. The minimum Gasteiger partial charge on any atom is -0.488 e. The van der Waals surface area contributed by atoms with Gasteiger partial charge in [-0.05, 0) is 56.7 Å². The van der Waals surface area contributed by atoms with Crippen LogP contribution in [-0.2, 0) is 16.6 Å². The number of ether oxygens (including phenoxy) is 1. The third kappa shape index (κ3) is 5.49. The summed E-state index contributed by atoms with van der Waals surface area (Å²) >= 11 is 0. The molecule has 0 heterocycles. The summed E-state index contributed by atoms with van der Waals surface area (Å²) < 4.78 is 17.2. The average Bonchev–Trinajstić information content (AvgIpc) is 2.48. The fourth-order valence-corrected chi connectivity index (χ4v) is 2.90. The Morgan fingerprint density at radius 3 is 2.29 bits per heavy atom. The van der Waals surface area contributed by atoms with Gasteiger partial charge in [0.25, 0.3) is 5.91 Å². The van der Waals surface area contributed by atoms with Gasteiger partial charge in [-0.3, -0.25) is 9.00 Å². The molecule has 0 aliphatic rings. The zero-order chi connectivity index (χ0) is 17.7. The Bertz CT molecular complexity index is 733. The van der Waals surface area contributed by atoms with E-state index < -0.39 is 10.8 Å². The maximum absolute atomic E-state index is 12.4. The van der Waals surface area contributed by atoms with Gasteiger partial charge in [0.1, 0.15) is 11.4 Å². The Hall–Kier alpha value is -2.14. The first-order chi connectivity index (χ1) is 11.2. The number of carbonyl (C=O) groups excluding carboxylic acids is 1. The van der Waals surface area contributed by atoms with E-state index >= 15 is 0 Å². The van der Waals surface area contributed by atoms with Gasteiger partial charge in [0.15, 0.2) is 0 Å². The molecule has 1 amide bonds. The molecule has 0 fully saturated rings. The molecule has 24 heavy (non-hydrogen) atoms. The number of benzene rings is 2. The summed E-state index contributed by atoms with van der Waals surface area (Å²) in [5.74, 6) is 0.932. The predicted molar refractivity (Wildman–Crippen MR) is 99.0 cm³/mol. The van der Waals surface area contributed by atoms with Crippen molar-refractivity contribution in [3.8, 4) is 5.75 Å². The molecule has 0 spiro atoms. The van der Waals surface area contributed by atoms with Crippen LogP contribution in [0.5, 0.6) is 5.75 Å².